The van der Waals surface area contributed by atoms with Crippen LogP contribution < -0.4 is 15.9 Å². The number of hydrogen-bond donors (Lipinski definition) is 3. The van der Waals surface area contributed by atoms with Crippen molar-refractivity contribution in [3.63, 3.8) is 0 Å². The minimum atomic E-state index is -4.64. The van der Waals surface area contributed by atoms with Crippen LogP contribution in [-0.2, 0) is 4.57 Å². The van der Waals surface area contributed by atoms with Gasteiger partial charge in [0.2, 0.25) is 0 Å². The predicted molar refractivity (Wildman–Crippen MR) is 114 cm³/mol. The Kier molecular flexibility index (Phi) is 6.26. The average Bonchev–Trinajstić information content (AvgIpc) is 3.49. The predicted octanol–water partition coefficient (Wildman–Crippen LogP) is 2.95. The summed E-state index contributed by atoms with van der Waals surface area (Å²) in [7, 11) is -6.53. The van der Waals surface area contributed by atoms with Gasteiger partial charge in [-0.2, -0.15) is 0 Å². The van der Waals surface area contributed by atoms with E-state index in [-0.39, 0.29) is 0 Å². The van der Waals surface area contributed by atoms with Crippen LogP contribution in [0.2, 0.25) is 0 Å². The second-order valence-electron chi connectivity index (χ2n) is 6.69. The van der Waals surface area contributed by atoms with E-state index in [2.05, 4.69) is 91.0 Å². The van der Waals surface area contributed by atoms with Crippen LogP contribution in [-0.4, -0.2) is 20.3 Å². The number of benzene rings is 3. The van der Waals surface area contributed by atoms with Crippen molar-refractivity contribution in [1.29, 1.82) is 0 Å². The Labute approximate surface area is 160 Å². The van der Waals surface area contributed by atoms with Crippen LogP contribution in [0.3, 0.4) is 0 Å². The topological polar surface area (TPSA) is 77.8 Å². The Morgan fingerprint density at radius 3 is 1.11 bits per heavy atom. The molecule has 142 valence electrons. The third-order valence-corrected chi connectivity index (χ3v) is 10.4. The van der Waals surface area contributed by atoms with Crippen LogP contribution in [0.5, 0.6) is 0 Å². The van der Waals surface area contributed by atoms with E-state index < -0.39 is 15.1 Å². The van der Waals surface area contributed by atoms with Gasteiger partial charge in [0, 0.05) is 0 Å². The standard InChI is InChI=1S/C21H21P.H3O4P/c1-4-10-18(11-5-1)22(21-16-17-21,19-12-6-2-7-13-19)20-14-8-3-9-15-20;1-5(2,3)4/h1-15,21-22H,16-17H2;(H3,1,2,3,4). The van der Waals surface area contributed by atoms with Gasteiger partial charge >= 0.3 is 140 Å². The first-order chi connectivity index (χ1) is 12.9. The van der Waals surface area contributed by atoms with Crippen molar-refractivity contribution in [3.8, 4) is 0 Å². The van der Waals surface area contributed by atoms with Crippen LogP contribution in [0.4, 0.5) is 0 Å². The molecular formula is C21H24O4P2. The number of phosphoric acid groups is 1. The van der Waals surface area contributed by atoms with Gasteiger partial charge in [0.1, 0.15) is 0 Å². The fourth-order valence-corrected chi connectivity index (χ4v) is 9.43. The molecule has 1 aliphatic rings. The number of hydrogen-bond acceptors (Lipinski definition) is 1. The molecule has 0 aromatic heterocycles. The summed E-state index contributed by atoms with van der Waals surface area (Å²) in [6, 6.07) is 33.7. The molecule has 0 aliphatic heterocycles. The summed E-state index contributed by atoms with van der Waals surface area (Å²) < 4.78 is 8.88. The number of rotatable bonds is 4. The van der Waals surface area contributed by atoms with E-state index in [0.29, 0.717) is 0 Å². The van der Waals surface area contributed by atoms with Crippen molar-refractivity contribution < 1.29 is 19.2 Å². The van der Waals surface area contributed by atoms with Gasteiger partial charge in [0.05, 0.1) is 0 Å². The Morgan fingerprint density at radius 2 is 0.889 bits per heavy atom. The summed E-state index contributed by atoms with van der Waals surface area (Å²) in [5, 5.41) is 4.65. The molecule has 27 heavy (non-hydrogen) atoms. The van der Waals surface area contributed by atoms with Crippen LogP contribution in [0.25, 0.3) is 0 Å². The minimum absolute atomic E-state index is 0.833. The molecule has 0 radical (unpaired) electrons. The third kappa shape index (κ3) is 4.93. The van der Waals surface area contributed by atoms with Gasteiger partial charge in [-0.25, -0.2) is 4.57 Å². The van der Waals surface area contributed by atoms with Crippen molar-refractivity contribution in [3.05, 3.63) is 91.0 Å². The molecule has 0 heterocycles. The first kappa shape index (κ1) is 19.9. The van der Waals surface area contributed by atoms with Gasteiger partial charge in [-0.1, -0.05) is 0 Å². The second kappa shape index (κ2) is 8.48. The van der Waals surface area contributed by atoms with E-state index in [0.717, 1.165) is 5.66 Å². The molecule has 0 saturated heterocycles. The molecule has 3 aromatic carbocycles. The molecule has 3 aromatic rings. The molecule has 0 bridgehead atoms. The van der Waals surface area contributed by atoms with Gasteiger partial charge in [-0.05, 0) is 0 Å². The van der Waals surface area contributed by atoms with Crippen molar-refractivity contribution >= 4 is 31.0 Å². The second-order valence-corrected chi connectivity index (χ2v) is 11.9. The molecule has 6 heteroatoms. The summed E-state index contributed by atoms with van der Waals surface area (Å²) in [5.74, 6) is 0. The molecule has 4 rings (SSSR count). The van der Waals surface area contributed by atoms with E-state index in [1.54, 1.807) is 15.9 Å². The average molecular weight is 402 g/mol. The zero-order chi connectivity index (χ0) is 19.3. The first-order valence-corrected chi connectivity index (χ1v) is 12.5. The Balaban J connectivity index is 0.000000376. The molecule has 0 spiro atoms. The summed E-state index contributed by atoms with van der Waals surface area (Å²) in [6.45, 7) is 0. The normalized spacial score (nSPS) is 14.8. The molecule has 0 unspecified atom stereocenters. The van der Waals surface area contributed by atoms with Crippen LogP contribution in [0.15, 0.2) is 91.0 Å². The molecule has 1 saturated carbocycles. The maximum absolute atomic E-state index is 8.88. The summed E-state index contributed by atoms with van der Waals surface area (Å²) >= 11 is 0. The van der Waals surface area contributed by atoms with E-state index >= 15 is 0 Å². The molecule has 4 nitrogen and oxygen atoms in total. The van der Waals surface area contributed by atoms with Gasteiger partial charge in [-0.3, -0.25) is 0 Å². The molecule has 1 fully saturated rings. The first-order valence-electron chi connectivity index (χ1n) is 8.87. The van der Waals surface area contributed by atoms with Gasteiger partial charge in [0.25, 0.3) is 0 Å². The molecule has 0 amide bonds. The zero-order valence-corrected chi connectivity index (χ0v) is 16.7. The summed E-state index contributed by atoms with van der Waals surface area (Å²) in [5.41, 5.74) is 0.833. The molecule has 0 atom stereocenters. The van der Waals surface area contributed by atoms with Crippen molar-refractivity contribution in [1.82, 2.24) is 0 Å². The molecule has 3 N–H and O–H groups in total. The van der Waals surface area contributed by atoms with Gasteiger partial charge in [0.15, 0.2) is 0 Å². The quantitative estimate of drug-likeness (QED) is 0.587. The summed E-state index contributed by atoms with van der Waals surface area (Å²) in [6.07, 6.45) is 2.73. The van der Waals surface area contributed by atoms with Crippen molar-refractivity contribution in [2.24, 2.45) is 0 Å². The van der Waals surface area contributed by atoms with E-state index in [1.807, 2.05) is 0 Å². The van der Waals surface area contributed by atoms with Crippen LogP contribution >= 0.6 is 15.1 Å². The van der Waals surface area contributed by atoms with Crippen molar-refractivity contribution in [2.75, 3.05) is 0 Å². The van der Waals surface area contributed by atoms with Crippen LogP contribution in [0, 0.1) is 0 Å². The van der Waals surface area contributed by atoms with E-state index in [4.69, 9.17) is 19.2 Å². The fourth-order valence-electron chi connectivity index (χ4n) is 3.83. The molecule has 1 aliphatic carbocycles. The van der Waals surface area contributed by atoms with Gasteiger partial charge < -0.3 is 14.7 Å². The molecular weight excluding hydrogens is 378 g/mol. The Morgan fingerprint density at radius 1 is 0.630 bits per heavy atom. The fraction of sp³-hybridized carbons (Fsp3) is 0.143. The Bertz CT molecular complexity index is 786. The summed E-state index contributed by atoms with van der Waals surface area (Å²) in [4.78, 5) is 21.6. The SMILES string of the molecule is O=P(O)(O)O.c1ccc([PH](c2ccccc2)(c2ccccc2)C2CC2)cc1. The van der Waals surface area contributed by atoms with E-state index in [1.165, 1.54) is 12.8 Å². The van der Waals surface area contributed by atoms with Crippen LogP contribution in [0.1, 0.15) is 12.8 Å². The third-order valence-electron chi connectivity index (χ3n) is 4.88. The monoisotopic (exact) mass is 402 g/mol. The van der Waals surface area contributed by atoms with Gasteiger partial charge in [-0.15, -0.1) is 0 Å². The Hall–Kier alpha value is -1.80. The van der Waals surface area contributed by atoms with E-state index in [9.17, 15) is 0 Å². The maximum atomic E-state index is 8.88. The zero-order valence-electron chi connectivity index (χ0n) is 14.8. The van der Waals surface area contributed by atoms with Crippen molar-refractivity contribution in [2.45, 2.75) is 18.5 Å².